The molecule has 10 nitrogen and oxygen atoms in total. The summed E-state index contributed by atoms with van der Waals surface area (Å²) in [6.45, 7) is 0.542. The fraction of sp³-hybridized carbons (Fsp3) is 0.556. The van der Waals surface area contributed by atoms with Crippen LogP contribution in [0.25, 0.3) is 0 Å². The summed E-state index contributed by atoms with van der Waals surface area (Å²) in [7, 11) is 0. The lowest BCUT2D eigenvalue weighted by Gasteiger charge is -2.13. The molecular formula is C18H22N2O8. The normalized spacial score (nSPS) is 16.4. The van der Waals surface area contributed by atoms with Gasteiger partial charge in [0.2, 0.25) is 0 Å². The van der Waals surface area contributed by atoms with Gasteiger partial charge in [0.25, 0.3) is 23.6 Å². The van der Waals surface area contributed by atoms with Gasteiger partial charge < -0.3 is 9.57 Å². The Morgan fingerprint density at radius 1 is 0.857 bits per heavy atom. The van der Waals surface area contributed by atoms with Gasteiger partial charge in [-0.2, -0.15) is 0 Å². The van der Waals surface area contributed by atoms with E-state index >= 15 is 0 Å². The van der Waals surface area contributed by atoms with Crippen LogP contribution < -0.4 is 0 Å². The maximum atomic E-state index is 11.8. The molecule has 2 aliphatic rings. The number of carbonyl (C=O) groups is 6. The molecule has 0 radical (unpaired) electrons. The van der Waals surface area contributed by atoms with Crippen molar-refractivity contribution in [2.24, 2.45) is 0 Å². The van der Waals surface area contributed by atoms with Gasteiger partial charge in [-0.3, -0.25) is 28.9 Å². The molecule has 1 fully saturated rings. The van der Waals surface area contributed by atoms with Crippen molar-refractivity contribution in [3.05, 3.63) is 12.2 Å². The number of carbonyl (C=O) groups excluding carboxylic acids is 6. The third-order valence-electron chi connectivity index (χ3n) is 4.13. The molecule has 10 heteroatoms. The summed E-state index contributed by atoms with van der Waals surface area (Å²) in [5.74, 6) is -2.52. The zero-order valence-corrected chi connectivity index (χ0v) is 15.4. The first-order chi connectivity index (χ1) is 13.4. The summed E-state index contributed by atoms with van der Waals surface area (Å²) in [5.41, 5.74) is 0. The number of hydrogen-bond donors (Lipinski definition) is 0. The number of ketones is 1. The summed E-state index contributed by atoms with van der Waals surface area (Å²) in [5, 5.41) is 0.486. The molecule has 0 aromatic heterocycles. The highest BCUT2D eigenvalue weighted by Gasteiger charge is 2.32. The molecule has 2 rings (SSSR count). The summed E-state index contributed by atoms with van der Waals surface area (Å²) in [6, 6.07) is 0. The fourth-order valence-corrected chi connectivity index (χ4v) is 2.65. The van der Waals surface area contributed by atoms with Gasteiger partial charge in [-0.15, -0.1) is 5.06 Å². The van der Waals surface area contributed by atoms with Crippen molar-refractivity contribution < 1.29 is 38.3 Å². The SMILES string of the molecule is O=C(CCCOCCC(=O)ON1C(=O)CCC1=O)CCCN1C(=O)C=CC1=O. The van der Waals surface area contributed by atoms with E-state index in [-0.39, 0.29) is 63.0 Å². The van der Waals surface area contributed by atoms with Gasteiger partial charge >= 0.3 is 5.97 Å². The summed E-state index contributed by atoms with van der Waals surface area (Å²) in [6.07, 6.45) is 3.82. The second kappa shape index (κ2) is 10.5. The number of amides is 4. The molecule has 0 aromatic rings. The summed E-state index contributed by atoms with van der Waals surface area (Å²) < 4.78 is 5.24. The number of ether oxygens (including phenoxy) is 1. The number of hydroxylamine groups is 2. The Bertz CT molecular complexity index is 666. The van der Waals surface area contributed by atoms with E-state index in [1.165, 1.54) is 12.2 Å². The Balaban J connectivity index is 1.46. The van der Waals surface area contributed by atoms with Gasteiger partial charge in [-0.05, 0) is 12.8 Å². The van der Waals surface area contributed by atoms with E-state index in [1.54, 1.807) is 0 Å². The molecule has 0 unspecified atom stereocenters. The van der Waals surface area contributed by atoms with Gasteiger partial charge in [-0.25, -0.2) is 4.79 Å². The van der Waals surface area contributed by atoms with Crippen LogP contribution >= 0.6 is 0 Å². The first kappa shape index (κ1) is 21.4. The maximum Gasteiger partial charge on any atom is 0.335 e. The average Bonchev–Trinajstić information content (AvgIpc) is 3.14. The molecule has 0 atom stereocenters. The lowest BCUT2D eigenvalue weighted by molar-refractivity contribution is -0.198. The van der Waals surface area contributed by atoms with E-state index < -0.39 is 17.8 Å². The molecule has 0 saturated carbocycles. The van der Waals surface area contributed by atoms with Crippen LogP contribution in [0.5, 0.6) is 0 Å². The van der Waals surface area contributed by atoms with E-state index in [0.717, 1.165) is 4.90 Å². The summed E-state index contributed by atoms with van der Waals surface area (Å²) >= 11 is 0. The fourth-order valence-electron chi connectivity index (χ4n) is 2.65. The molecule has 2 heterocycles. The van der Waals surface area contributed by atoms with Crippen molar-refractivity contribution in [1.29, 1.82) is 0 Å². The van der Waals surface area contributed by atoms with Crippen LogP contribution in [0.15, 0.2) is 12.2 Å². The molecule has 0 aliphatic carbocycles. The number of Topliss-reactive ketones (excluding diaryl/α,β-unsaturated/α-hetero) is 1. The topological polar surface area (TPSA) is 127 Å². The second-order valence-corrected chi connectivity index (χ2v) is 6.31. The van der Waals surface area contributed by atoms with Crippen LogP contribution in [-0.2, 0) is 38.3 Å². The predicted molar refractivity (Wildman–Crippen MR) is 92.0 cm³/mol. The first-order valence-corrected chi connectivity index (χ1v) is 9.08. The van der Waals surface area contributed by atoms with E-state index in [4.69, 9.17) is 4.74 Å². The monoisotopic (exact) mass is 394 g/mol. The number of imide groups is 2. The van der Waals surface area contributed by atoms with E-state index in [9.17, 15) is 28.8 Å². The maximum absolute atomic E-state index is 11.8. The first-order valence-electron chi connectivity index (χ1n) is 9.08. The molecule has 2 aliphatic heterocycles. The van der Waals surface area contributed by atoms with Crippen molar-refractivity contribution in [2.75, 3.05) is 19.8 Å². The average molecular weight is 394 g/mol. The lowest BCUT2D eigenvalue weighted by Crippen LogP contribution is -2.32. The Morgan fingerprint density at radius 3 is 2.11 bits per heavy atom. The summed E-state index contributed by atoms with van der Waals surface area (Å²) in [4.78, 5) is 74.4. The van der Waals surface area contributed by atoms with Crippen LogP contribution in [-0.4, -0.2) is 65.1 Å². The van der Waals surface area contributed by atoms with Crippen molar-refractivity contribution in [3.8, 4) is 0 Å². The van der Waals surface area contributed by atoms with Crippen LogP contribution in [0.1, 0.15) is 44.9 Å². The molecule has 4 amide bonds. The quantitative estimate of drug-likeness (QED) is 0.336. The Kier molecular flexibility index (Phi) is 8.00. The molecule has 1 saturated heterocycles. The van der Waals surface area contributed by atoms with E-state index in [0.29, 0.717) is 24.3 Å². The predicted octanol–water partition coefficient (Wildman–Crippen LogP) is 0.0548. The third-order valence-corrected chi connectivity index (χ3v) is 4.13. The second-order valence-electron chi connectivity index (χ2n) is 6.31. The van der Waals surface area contributed by atoms with Crippen LogP contribution in [0.2, 0.25) is 0 Å². The molecule has 28 heavy (non-hydrogen) atoms. The third kappa shape index (κ3) is 6.38. The standard InChI is InChI=1S/C18H22N2O8/c21-13(3-1-10-19-14(22)5-6-15(19)23)4-2-11-27-12-9-18(26)28-20-16(24)7-8-17(20)25/h5-6H,1-4,7-12H2. The van der Waals surface area contributed by atoms with Gasteiger partial charge in [0.15, 0.2) is 0 Å². The smallest absolute Gasteiger partial charge is 0.335 e. The minimum Gasteiger partial charge on any atom is -0.381 e. The molecule has 0 N–H and O–H groups in total. The van der Waals surface area contributed by atoms with Crippen molar-refractivity contribution in [3.63, 3.8) is 0 Å². The minimum absolute atomic E-state index is 0.00104. The Hall–Kier alpha value is -2.88. The van der Waals surface area contributed by atoms with Crippen molar-refractivity contribution in [1.82, 2.24) is 9.96 Å². The molecular weight excluding hydrogens is 372 g/mol. The highest BCUT2D eigenvalue weighted by atomic mass is 16.7. The van der Waals surface area contributed by atoms with E-state index in [1.807, 2.05) is 0 Å². The highest BCUT2D eigenvalue weighted by Crippen LogP contribution is 2.12. The zero-order valence-electron chi connectivity index (χ0n) is 15.4. The van der Waals surface area contributed by atoms with Crippen molar-refractivity contribution in [2.45, 2.75) is 44.9 Å². The van der Waals surface area contributed by atoms with Gasteiger partial charge in [0.05, 0.1) is 13.0 Å². The Labute approximate surface area is 161 Å². The largest absolute Gasteiger partial charge is 0.381 e. The van der Waals surface area contributed by atoms with Gasteiger partial charge in [0.1, 0.15) is 5.78 Å². The van der Waals surface area contributed by atoms with Crippen molar-refractivity contribution >= 4 is 35.4 Å². The minimum atomic E-state index is -0.736. The highest BCUT2D eigenvalue weighted by molar-refractivity contribution is 6.12. The van der Waals surface area contributed by atoms with Crippen LogP contribution in [0, 0.1) is 0 Å². The van der Waals surface area contributed by atoms with Gasteiger partial charge in [0, 0.05) is 51.0 Å². The van der Waals surface area contributed by atoms with Crippen LogP contribution in [0.4, 0.5) is 0 Å². The van der Waals surface area contributed by atoms with Gasteiger partial charge in [-0.1, -0.05) is 0 Å². The zero-order chi connectivity index (χ0) is 20.5. The lowest BCUT2D eigenvalue weighted by atomic mass is 10.1. The number of nitrogens with zero attached hydrogens (tertiary/aromatic N) is 2. The molecule has 0 spiro atoms. The molecule has 152 valence electrons. The molecule has 0 aromatic carbocycles. The molecule has 0 bridgehead atoms. The number of rotatable bonds is 12. The van der Waals surface area contributed by atoms with E-state index in [2.05, 4.69) is 4.84 Å². The number of hydrogen-bond acceptors (Lipinski definition) is 8. The van der Waals surface area contributed by atoms with Crippen LogP contribution in [0.3, 0.4) is 0 Å². The Morgan fingerprint density at radius 2 is 1.46 bits per heavy atom.